The van der Waals surface area contributed by atoms with Gasteiger partial charge in [-0.15, -0.1) is 0 Å². The number of carboxylic acids is 1. The Balaban J connectivity index is 2.09. The third-order valence-corrected chi connectivity index (χ3v) is 5.60. The van der Waals surface area contributed by atoms with Crippen LogP contribution in [0.15, 0.2) is 35.4 Å². The number of rotatable bonds is 4. The lowest BCUT2D eigenvalue weighted by Crippen LogP contribution is -2.41. The average molecular weight is 452 g/mol. The molecule has 0 spiro atoms. The molecule has 1 N–H and O–H groups in total. The van der Waals surface area contributed by atoms with Crippen LogP contribution < -0.4 is 9.47 Å². The van der Waals surface area contributed by atoms with Gasteiger partial charge in [-0.05, 0) is 6.42 Å². The van der Waals surface area contributed by atoms with E-state index in [0.29, 0.717) is 10.8 Å². The van der Waals surface area contributed by atoms with Gasteiger partial charge in [0.1, 0.15) is 0 Å². The molecule has 9 heteroatoms. The highest BCUT2D eigenvalue weighted by molar-refractivity contribution is 6.32. The van der Waals surface area contributed by atoms with E-state index in [2.05, 4.69) is 0 Å². The summed E-state index contributed by atoms with van der Waals surface area (Å²) in [6.07, 6.45) is -2.32. The fraction of sp³-hybridized carbons (Fsp3) is 0.292. The highest BCUT2D eigenvalue weighted by atomic mass is 16.5. The number of Topliss-reactive ketones (excluding diaryl/α,β-unsaturated/α-hetero) is 2. The van der Waals surface area contributed by atoms with Crippen molar-refractivity contribution in [2.24, 2.45) is 0 Å². The molecular formula is C24H20O9. The van der Waals surface area contributed by atoms with Crippen LogP contribution in [-0.2, 0) is 19.1 Å². The van der Waals surface area contributed by atoms with E-state index < -0.39 is 41.7 Å². The maximum Gasteiger partial charge on any atom is 0.333 e. The van der Waals surface area contributed by atoms with Crippen molar-refractivity contribution in [3.05, 3.63) is 46.5 Å². The molecule has 170 valence electrons. The number of fused-ring (bicyclic) bond motifs is 2. The predicted octanol–water partition coefficient (Wildman–Crippen LogP) is 3.02. The first-order chi connectivity index (χ1) is 15.6. The first-order valence-corrected chi connectivity index (χ1v) is 10.3. The van der Waals surface area contributed by atoms with Gasteiger partial charge >= 0.3 is 17.9 Å². The van der Waals surface area contributed by atoms with Crippen molar-refractivity contribution in [1.82, 2.24) is 0 Å². The third kappa shape index (κ3) is 3.60. The van der Waals surface area contributed by atoms with Crippen LogP contribution in [0.3, 0.4) is 0 Å². The van der Waals surface area contributed by atoms with Crippen molar-refractivity contribution < 1.29 is 43.3 Å². The van der Waals surface area contributed by atoms with Crippen LogP contribution in [0, 0.1) is 0 Å². The normalized spacial score (nSPS) is 19.7. The summed E-state index contributed by atoms with van der Waals surface area (Å²) in [7, 11) is 0. The number of esters is 2. The number of benzene rings is 2. The highest BCUT2D eigenvalue weighted by Crippen LogP contribution is 2.48. The molecule has 0 aromatic heterocycles. The van der Waals surface area contributed by atoms with Gasteiger partial charge in [0.05, 0.1) is 17.2 Å². The number of aliphatic carboxylic acids is 1. The Morgan fingerprint density at radius 3 is 1.94 bits per heavy atom. The fourth-order valence-electron chi connectivity index (χ4n) is 4.34. The molecule has 0 saturated heterocycles. The summed E-state index contributed by atoms with van der Waals surface area (Å²) in [5.41, 5.74) is -0.412. The molecule has 1 heterocycles. The molecule has 33 heavy (non-hydrogen) atoms. The zero-order valence-electron chi connectivity index (χ0n) is 18.1. The summed E-state index contributed by atoms with van der Waals surface area (Å²) in [4.78, 5) is 62.9. The largest absolute Gasteiger partial charge is 0.479 e. The fourth-order valence-corrected chi connectivity index (χ4v) is 4.34. The van der Waals surface area contributed by atoms with E-state index >= 15 is 0 Å². The molecule has 2 atom stereocenters. The molecule has 2 aliphatic rings. The Labute approximate surface area is 187 Å². The number of carboxylic acid groups (broad SMARTS) is 1. The number of ether oxygens (including phenoxy) is 3. The molecule has 9 nitrogen and oxygen atoms in total. The van der Waals surface area contributed by atoms with Crippen LogP contribution in [0.25, 0.3) is 10.8 Å². The highest BCUT2D eigenvalue weighted by Gasteiger charge is 2.46. The van der Waals surface area contributed by atoms with E-state index in [1.54, 1.807) is 31.2 Å². The number of hydrogen-bond acceptors (Lipinski definition) is 8. The van der Waals surface area contributed by atoms with Crippen molar-refractivity contribution in [2.45, 2.75) is 45.8 Å². The third-order valence-electron chi connectivity index (χ3n) is 5.60. The second-order valence-electron chi connectivity index (χ2n) is 7.76. The van der Waals surface area contributed by atoms with Crippen LogP contribution in [0.2, 0.25) is 0 Å². The first-order valence-electron chi connectivity index (χ1n) is 10.3. The summed E-state index contributed by atoms with van der Waals surface area (Å²) in [5.74, 6) is -4.24. The summed E-state index contributed by atoms with van der Waals surface area (Å²) in [6, 6.07) is 6.44. The first kappa shape index (κ1) is 22.3. The summed E-state index contributed by atoms with van der Waals surface area (Å²) in [6.45, 7) is 4.02. The average Bonchev–Trinajstić information content (AvgIpc) is 2.77. The molecule has 2 aromatic rings. The number of carbonyl (C=O) groups is 5. The van der Waals surface area contributed by atoms with Crippen LogP contribution in [0.1, 0.15) is 54.3 Å². The topological polar surface area (TPSA) is 133 Å². The molecule has 0 saturated carbocycles. The minimum atomic E-state index is -1.31. The molecule has 0 bridgehead atoms. The van der Waals surface area contributed by atoms with Gasteiger partial charge in [-0.3, -0.25) is 19.2 Å². The van der Waals surface area contributed by atoms with Crippen LogP contribution >= 0.6 is 0 Å². The lowest BCUT2D eigenvalue weighted by molar-refractivity contribution is -0.154. The summed E-state index contributed by atoms with van der Waals surface area (Å²) >= 11 is 0. The van der Waals surface area contributed by atoms with Crippen molar-refractivity contribution in [3.8, 4) is 11.5 Å². The smallest absolute Gasteiger partial charge is 0.333 e. The summed E-state index contributed by atoms with van der Waals surface area (Å²) in [5, 5.41) is 10.1. The minimum Gasteiger partial charge on any atom is -0.479 e. The Morgan fingerprint density at radius 1 is 0.970 bits per heavy atom. The zero-order chi connectivity index (χ0) is 24.0. The Kier molecular flexibility index (Phi) is 5.59. The van der Waals surface area contributed by atoms with Gasteiger partial charge in [-0.25, -0.2) is 4.79 Å². The molecule has 0 fully saturated rings. The molecule has 0 radical (unpaired) electrons. The quantitative estimate of drug-likeness (QED) is 0.549. The van der Waals surface area contributed by atoms with Crippen molar-refractivity contribution in [1.29, 1.82) is 0 Å². The second kappa shape index (κ2) is 8.25. The van der Waals surface area contributed by atoms with Crippen LogP contribution in [0.4, 0.5) is 0 Å². The lowest BCUT2D eigenvalue weighted by Gasteiger charge is -2.34. The Bertz CT molecular complexity index is 1280. The van der Waals surface area contributed by atoms with Crippen molar-refractivity contribution >= 4 is 40.2 Å². The predicted molar refractivity (Wildman–Crippen MR) is 113 cm³/mol. The van der Waals surface area contributed by atoms with Gasteiger partial charge in [0.15, 0.2) is 29.2 Å². The van der Waals surface area contributed by atoms with Gasteiger partial charge in [-0.1, -0.05) is 31.2 Å². The van der Waals surface area contributed by atoms with Crippen LogP contribution in [0.5, 0.6) is 11.5 Å². The maximum atomic E-state index is 13.8. The number of hydrogen-bond donors (Lipinski definition) is 1. The van der Waals surface area contributed by atoms with Gasteiger partial charge in [0.25, 0.3) is 0 Å². The van der Waals surface area contributed by atoms with E-state index in [-0.39, 0.29) is 46.6 Å². The van der Waals surface area contributed by atoms with E-state index in [1.165, 1.54) is 0 Å². The Hall–Kier alpha value is -3.85. The number of carbonyl (C=O) groups excluding carboxylic acids is 4. The SMILES string of the molecule is CCC1OC(C(=O)O)CC2=C1C(=O)c1c(c(OC(C)=O)c3ccccc3c1OC(C)=O)C2=O. The molecule has 0 amide bonds. The monoisotopic (exact) mass is 452 g/mol. The second-order valence-corrected chi connectivity index (χ2v) is 7.76. The van der Waals surface area contributed by atoms with Crippen LogP contribution in [-0.4, -0.2) is 46.8 Å². The lowest BCUT2D eigenvalue weighted by atomic mass is 9.76. The van der Waals surface area contributed by atoms with E-state index in [9.17, 15) is 29.1 Å². The van der Waals surface area contributed by atoms with Gasteiger partial charge in [0.2, 0.25) is 0 Å². The van der Waals surface area contributed by atoms with Gasteiger partial charge in [-0.2, -0.15) is 0 Å². The zero-order valence-corrected chi connectivity index (χ0v) is 18.1. The molecule has 2 unspecified atom stereocenters. The molecular weight excluding hydrogens is 432 g/mol. The van der Waals surface area contributed by atoms with E-state index in [4.69, 9.17) is 14.2 Å². The van der Waals surface area contributed by atoms with Crippen molar-refractivity contribution in [3.63, 3.8) is 0 Å². The molecule has 1 aliphatic carbocycles. The van der Waals surface area contributed by atoms with Gasteiger partial charge in [0, 0.05) is 42.2 Å². The minimum absolute atomic E-state index is 0.00421. The van der Waals surface area contributed by atoms with E-state index in [1.807, 2.05) is 0 Å². The number of ketones is 2. The molecule has 4 rings (SSSR count). The van der Waals surface area contributed by atoms with Gasteiger partial charge < -0.3 is 19.3 Å². The molecule has 2 aromatic carbocycles. The van der Waals surface area contributed by atoms with E-state index in [0.717, 1.165) is 13.8 Å². The molecule has 1 aliphatic heterocycles. The summed E-state index contributed by atoms with van der Waals surface area (Å²) < 4.78 is 16.4. The standard InChI is InChI=1S/C24H20O9/c1-4-15-17-14(9-16(33-15)24(29)30)20(27)18-19(21(17)28)23(32-11(3)26)13-8-6-5-7-12(13)22(18)31-10(2)25/h5-8,15-16H,4,9H2,1-3H3,(H,29,30). The maximum absolute atomic E-state index is 13.8. The van der Waals surface area contributed by atoms with Crippen molar-refractivity contribution in [2.75, 3.05) is 0 Å². The Morgan fingerprint density at radius 2 is 1.48 bits per heavy atom.